The van der Waals surface area contributed by atoms with Gasteiger partial charge >= 0.3 is 0 Å². The second-order valence-electron chi connectivity index (χ2n) is 3.55. The first-order chi connectivity index (χ1) is 6.16. The van der Waals surface area contributed by atoms with Gasteiger partial charge in [-0.25, -0.2) is 0 Å². The highest BCUT2D eigenvalue weighted by molar-refractivity contribution is 5.59. The molecule has 0 saturated carbocycles. The zero-order valence-corrected chi connectivity index (χ0v) is 9.02. The van der Waals surface area contributed by atoms with Crippen LogP contribution in [-0.4, -0.2) is 0 Å². The summed E-state index contributed by atoms with van der Waals surface area (Å²) in [4.78, 5) is 0. The fraction of sp³-hybridized carbons (Fsp3) is 0.385. The quantitative estimate of drug-likeness (QED) is 0.635. The van der Waals surface area contributed by atoms with E-state index in [4.69, 9.17) is 0 Å². The van der Waals surface area contributed by atoms with Gasteiger partial charge in [0.1, 0.15) is 0 Å². The zero-order valence-electron chi connectivity index (χ0n) is 9.02. The molecule has 0 amide bonds. The van der Waals surface area contributed by atoms with E-state index in [0.29, 0.717) is 0 Å². The van der Waals surface area contributed by atoms with Crippen LogP contribution < -0.4 is 0 Å². The molecule has 0 bridgehead atoms. The zero-order chi connectivity index (χ0) is 9.84. The summed E-state index contributed by atoms with van der Waals surface area (Å²) >= 11 is 0. The molecule has 0 spiro atoms. The molecule has 0 atom stereocenters. The molecule has 70 valence electrons. The third-order valence-electron chi connectivity index (χ3n) is 2.52. The van der Waals surface area contributed by atoms with E-state index in [-0.39, 0.29) is 0 Å². The standard InChI is InChI=1S/C13H18/c1-5-6-7-13-11(3)9-8-10(2)12(13)4/h6-9H,5H2,1-4H3. The summed E-state index contributed by atoms with van der Waals surface area (Å²) in [6, 6.07) is 4.38. The van der Waals surface area contributed by atoms with Crippen LogP contribution in [0.4, 0.5) is 0 Å². The number of rotatable bonds is 2. The van der Waals surface area contributed by atoms with E-state index >= 15 is 0 Å². The maximum absolute atomic E-state index is 2.23. The Kier molecular flexibility index (Phi) is 3.30. The summed E-state index contributed by atoms with van der Waals surface area (Å²) in [7, 11) is 0. The van der Waals surface area contributed by atoms with Crippen molar-refractivity contribution in [3.05, 3.63) is 40.5 Å². The number of hydrogen-bond acceptors (Lipinski definition) is 0. The summed E-state index contributed by atoms with van der Waals surface area (Å²) < 4.78 is 0. The second kappa shape index (κ2) is 4.27. The minimum atomic E-state index is 1.10. The molecule has 0 N–H and O–H groups in total. The van der Waals surface area contributed by atoms with Crippen LogP contribution in [0.2, 0.25) is 0 Å². The summed E-state index contributed by atoms with van der Waals surface area (Å²) in [5, 5.41) is 0. The maximum atomic E-state index is 2.23. The van der Waals surface area contributed by atoms with Crippen molar-refractivity contribution in [3.8, 4) is 0 Å². The number of aryl methyl sites for hydroxylation is 2. The summed E-state index contributed by atoms with van der Waals surface area (Å²) in [5.41, 5.74) is 5.54. The third kappa shape index (κ3) is 2.21. The molecule has 1 rings (SSSR count). The van der Waals surface area contributed by atoms with Gasteiger partial charge in [0.2, 0.25) is 0 Å². The predicted molar refractivity (Wildman–Crippen MR) is 60.0 cm³/mol. The van der Waals surface area contributed by atoms with E-state index in [1.54, 1.807) is 0 Å². The highest BCUT2D eigenvalue weighted by atomic mass is 14.1. The topological polar surface area (TPSA) is 0 Å². The summed E-state index contributed by atoms with van der Waals surface area (Å²) in [6.07, 6.45) is 5.55. The normalized spacial score (nSPS) is 11.1. The first kappa shape index (κ1) is 10.0. The Morgan fingerprint density at radius 2 is 1.69 bits per heavy atom. The van der Waals surface area contributed by atoms with Crippen LogP contribution in [0.5, 0.6) is 0 Å². The fourth-order valence-electron chi connectivity index (χ4n) is 1.47. The van der Waals surface area contributed by atoms with E-state index in [0.717, 1.165) is 6.42 Å². The highest BCUT2D eigenvalue weighted by Crippen LogP contribution is 2.19. The van der Waals surface area contributed by atoms with Crippen LogP contribution in [0.3, 0.4) is 0 Å². The van der Waals surface area contributed by atoms with Crippen molar-refractivity contribution in [2.24, 2.45) is 0 Å². The second-order valence-corrected chi connectivity index (χ2v) is 3.55. The van der Waals surface area contributed by atoms with Crippen molar-refractivity contribution in [3.63, 3.8) is 0 Å². The minimum Gasteiger partial charge on any atom is -0.0842 e. The molecule has 0 aromatic heterocycles. The Hall–Kier alpha value is -1.04. The molecule has 0 heterocycles. The number of allylic oxidation sites excluding steroid dienone is 1. The van der Waals surface area contributed by atoms with Gasteiger partial charge in [-0.1, -0.05) is 31.2 Å². The monoisotopic (exact) mass is 174 g/mol. The lowest BCUT2D eigenvalue weighted by atomic mass is 9.98. The van der Waals surface area contributed by atoms with E-state index in [1.807, 2.05) is 0 Å². The van der Waals surface area contributed by atoms with Gasteiger partial charge < -0.3 is 0 Å². The van der Waals surface area contributed by atoms with Crippen molar-refractivity contribution in [1.82, 2.24) is 0 Å². The van der Waals surface area contributed by atoms with Crippen LogP contribution >= 0.6 is 0 Å². The van der Waals surface area contributed by atoms with Crippen molar-refractivity contribution < 1.29 is 0 Å². The van der Waals surface area contributed by atoms with Gasteiger partial charge in [0.25, 0.3) is 0 Å². The largest absolute Gasteiger partial charge is 0.0842 e. The van der Waals surface area contributed by atoms with Crippen LogP contribution in [0.1, 0.15) is 35.6 Å². The van der Waals surface area contributed by atoms with Crippen molar-refractivity contribution in [2.75, 3.05) is 0 Å². The van der Waals surface area contributed by atoms with Crippen molar-refractivity contribution in [2.45, 2.75) is 34.1 Å². The molecular weight excluding hydrogens is 156 g/mol. The lowest BCUT2D eigenvalue weighted by molar-refractivity contribution is 1.22. The molecule has 0 unspecified atom stereocenters. The van der Waals surface area contributed by atoms with Crippen LogP contribution in [0, 0.1) is 20.8 Å². The van der Waals surface area contributed by atoms with Crippen molar-refractivity contribution in [1.29, 1.82) is 0 Å². The van der Waals surface area contributed by atoms with Gasteiger partial charge in [-0.3, -0.25) is 0 Å². The minimum absolute atomic E-state index is 1.10. The molecule has 0 fully saturated rings. The Labute approximate surface area is 81.3 Å². The van der Waals surface area contributed by atoms with Gasteiger partial charge in [0, 0.05) is 0 Å². The molecule has 0 aliphatic carbocycles. The predicted octanol–water partition coefficient (Wildman–Crippen LogP) is 4.04. The average molecular weight is 174 g/mol. The van der Waals surface area contributed by atoms with Gasteiger partial charge in [0.15, 0.2) is 0 Å². The Balaban J connectivity index is 3.17. The molecular formula is C13H18. The van der Waals surface area contributed by atoms with E-state index in [2.05, 4.69) is 52.0 Å². The molecule has 0 heteroatoms. The molecule has 13 heavy (non-hydrogen) atoms. The first-order valence-electron chi connectivity index (χ1n) is 4.90. The Morgan fingerprint density at radius 3 is 2.31 bits per heavy atom. The molecule has 0 aliphatic heterocycles. The molecule has 1 aromatic carbocycles. The molecule has 0 radical (unpaired) electrons. The van der Waals surface area contributed by atoms with Gasteiger partial charge in [-0.15, -0.1) is 0 Å². The van der Waals surface area contributed by atoms with E-state index < -0.39 is 0 Å². The fourth-order valence-corrected chi connectivity index (χ4v) is 1.47. The van der Waals surface area contributed by atoms with Crippen molar-refractivity contribution >= 4 is 6.08 Å². The lowest BCUT2D eigenvalue weighted by Gasteiger charge is -2.07. The van der Waals surface area contributed by atoms with Crippen LogP contribution in [0.25, 0.3) is 6.08 Å². The van der Waals surface area contributed by atoms with Crippen LogP contribution in [-0.2, 0) is 0 Å². The Bertz CT molecular complexity index is 319. The van der Waals surface area contributed by atoms with Crippen LogP contribution in [0.15, 0.2) is 18.2 Å². The van der Waals surface area contributed by atoms with E-state index in [9.17, 15) is 0 Å². The number of benzene rings is 1. The van der Waals surface area contributed by atoms with Gasteiger partial charge in [-0.2, -0.15) is 0 Å². The lowest BCUT2D eigenvalue weighted by Crippen LogP contribution is -1.89. The van der Waals surface area contributed by atoms with E-state index in [1.165, 1.54) is 22.3 Å². The summed E-state index contributed by atoms with van der Waals surface area (Å²) in [6.45, 7) is 8.69. The molecule has 0 nitrogen and oxygen atoms in total. The highest BCUT2D eigenvalue weighted by Gasteiger charge is 2.00. The smallest absolute Gasteiger partial charge is 0.0199 e. The average Bonchev–Trinajstić information content (AvgIpc) is 2.12. The molecule has 1 aromatic rings. The first-order valence-corrected chi connectivity index (χ1v) is 4.90. The Morgan fingerprint density at radius 1 is 1.08 bits per heavy atom. The SMILES string of the molecule is CCC=Cc1c(C)ccc(C)c1C. The summed E-state index contributed by atoms with van der Waals surface area (Å²) in [5.74, 6) is 0. The van der Waals surface area contributed by atoms with Gasteiger partial charge in [0.05, 0.1) is 0 Å². The van der Waals surface area contributed by atoms with Gasteiger partial charge in [-0.05, 0) is 49.4 Å². The number of hydrogen-bond donors (Lipinski definition) is 0. The maximum Gasteiger partial charge on any atom is -0.0199 e. The third-order valence-corrected chi connectivity index (χ3v) is 2.52. The molecule has 0 aliphatic rings. The molecule has 0 saturated heterocycles.